The Hall–Kier alpha value is -2.50. The minimum atomic E-state index is -0.861. The quantitative estimate of drug-likeness (QED) is 0.331. The van der Waals surface area contributed by atoms with Gasteiger partial charge in [-0.25, -0.2) is 4.39 Å². The summed E-state index contributed by atoms with van der Waals surface area (Å²) in [4.78, 5) is 25.6. The molecule has 0 N–H and O–H groups in total. The van der Waals surface area contributed by atoms with Gasteiger partial charge in [-0.3, -0.25) is 9.59 Å². The molecule has 0 spiro atoms. The van der Waals surface area contributed by atoms with Gasteiger partial charge in [-0.1, -0.05) is 55.5 Å². The van der Waals surface area contributed by atoms with Crippen LogP contribution in [0.4, 0.5) is 4.39 Å². The first-order valence-electron chi connectivity index (χ1n) is 9.00. The predicted octanol–water partition coefficient (Wildman–Crippen LogP) is 5.09. The molecule has 1 fully saturated rings. The number of halogens is 1. The zero-order valence-electron chi connectivity index (χ0n) is 15.7. The molecule has 0 radical (unpaired) electrons. The molecule has 2 atom stereocenters. The summed E-state index contributed by atoms with van der Waals surface area (Å²) in [5.74, 6) is -2.13. The Morgan fingerprint density at radius 3 is 2.50 bits per heavy atom. The smallest absolute Gasteiger partial charge is 0.174 e. The van der Waals surface area contributed by atoms with Crippen molar-refractivity contribution in [2.75, 3.05) is 0 Å². The first kappa shape index (κ1) is 20.2. The van der Waals surface area contributed by atoms with E-state index in [4.69, 9.17) is 4.18 Å². The fraction of sp³-hybridized carbons (Fsp3) is 0.217. The SMILES string of the molecule is C/C(=C\C=C1\C(=O)C(c2ccc(F)cc2)C(=O)C1C)c1ccccc1COS. The number of carbonyl (C=O) groups excluding carboxylic acids is 2. The Kier molecular flexibility index (Phi) is 6.27. The molecule has 0 aromatic heterocycles. The third-order valence-corrected chi connectivity index (χ3v) is 5.23. The minimum Gasteiger partial charge on any atom is -0.314 e. The number of hydrogen-bond donors (Lipinski definition) is 1. The van der Waals surface area contributed by atoms with Crippen LogP contribution in [0.5, 0.6) is 0 Å². The first-order chi connectivity index (χ1) is 13.4. The summed E-state index contributed by atoms with van der Waals surface area (Å²) in [6.07, 6.45) is 3.57. The van der Waals surface area contributed by atoms with E-state index in [2.05, 4.69) is 12.9 Å². The van der Waals surface area contributed by atoms with Crippen molar-refractivity contribution < 1.29 is 18.2 Å². The van der Waals surface area contributed by atoms with Crippen molar-refractivity contribution in [2.24, 2.45) is 5.92 Å². The van der Waals surface area contributed by atoms with Gasteiger partial charge in [-0.15, -0.1) is 0 Å². The molecule has 3 nitrogen and oxygen atoms in total. The van der Waals surface area contributed by atoms with Crippen LogP contribution in [-0.4, -0.2) is 11.6 Å². The van der Waals surface area contributed by atoms with Crippen molar-refractivity contribution in [3.05, 3.63) is 88.8 Å². The van der Waals surface area contributed by atoms with Gasteiger partial charge in [0.05, 0.1) is 6.61 Å². The van der Waals surface area contributed by atoms with Crippen LogP contribution in [0, 0.1) is 11.7 Å². The van der Waals surface area contributed by atoms with Crippen LogP contribution in [0.1, 0.15) is 36.5 Å². The van der Waals surface area contributed by atoms with Crippen LogP contribution in [0.2, 0.25) is 0 Å². The molecule has 1 aliphatic carbocycles. The lowest BCUT2D eigenvalue weighted by atomic mass is 9.95. The highest BCUT2D eigenvalue weighted by Crippen LogP contribution is 2.36. The highest BCUT2D eigenvalue weighted by atomic mass is 32.1. The molecule has 1 saturated carbocycles. The number of carbonyl (C=O) groups is 2. The van der Waals surface area contributed by atoms with Crippen LogP contribution >= 0.6 is 12.9 Å². The van der Waals surface area contributed by atoms with E-state index in [-0.39, 0.29) is 11.6 Å². The van der Waals surface area contributed by atoms with Crippen molar-refractivity contribution >= 4 is 30.0 Å². The maximum Gasteiger partial charge on any atom is 0.174 e. The van der Waals surface area contributed by atoms with E-state index in [1.807, 2.05) is 37.3 Å². The van der Waals surface area contributed by atoms with Crippen molar-refractivity contribution in [1.29, 1.82) is 0 Å². The van der Waals surface area contributed by atoms with Gasteiger partial charge in [-0.2, -0.15) is 0 Å². The second-order valence-electron chi connectivity index (χ2n) is 6.88. The lowest BCUT2D eigenvalue weighted by Crippen LogP contribution is -2.13. The second-order valence-corrected chi connectivity index (χ2v) is 7.13. The lowest BCUT2D eigenvalue weighted by molar-refractivity contribution is -0.124. The molecule has 0 saturated heterocycles. The van der Waals surface area contributed by atoms with Crippen molar-refractivity contribution in [3.63, 3.8) is 0 Å². The van der Waals surface area contributed by atoms with Gasteiger partial charge in [0.15, 0.2) is 11.6 Å². The van der Waals surface area contributed by atoms with Gasteiger partial charge < -0.3 is 4.18 Å². The topological polar surface area (TPSA) is 43.4 Å². The average molecular weight is 396 g/mol. The Labute approximate surface area is 169 Å². The van der Waals surface area contributed by atoms with Crippen LogP contribution in [0.15, 0.2) is 66.3 Å². The predicted molar refractivity (Wildman–Crippen MR) is 110 cm³/mol. The number of allylic oxidation sites excluding steroid dienone is 4. The fourth-order valence-electron chi connectivity index (χ4n) is 3.51. The van der Waals surface area contributed by atoms with E-state index in [1.165, 1.54) is 24.3 Å². The first-order valence-corrected chi connectivity index (χ1v) is 9.37. The highest BCUT2D eigenvalue weighted by molar-refractivity contribution is 7.75. The molecule has 3 rings (SSSR count). The summed E-state index contributed by atoms with van der Waals surface area (Å²) in [5.41, 5.74) is 3.93. The van der Waals surface area contributed by atoms with Crippen LogP contribution in [-0.2, 0) is 20.4 Å². The Balaban J connectivity index is 1.92. The summed E-state index contributed by atoms with van der Waals surface area (Å²) in [5, 5.41) is 0. The second kappa shape index (κ2) is 8.67. The molecule has 1 aliphatic rings. The van der Waals surface area contributed by atoms with Gasteiger partial charge >= 0.3 is 0 Å². The molecular weight excluding hydrogens is 375 g/mol. The number of ketones is 2. The molecule has 2 unspecified atom stereocenters. The average Bonchev–Trinajstić information content (AvgIpc) is 2.90. The Morgan fingerprint density at radius 2 is 1.82 bits per heavy atom. The zero-order chi connectivity index (χ0) is 20.3. The molecule has 28 heavy (non-hydrogen) atoms. The Morgan fingerprint density at radius 1 is 1.14 bits per heavy atom. The molecule has 144 valence electrons. The largest absolute Gasteiger partial charge is 0.314 e. The summed E-state index contributed by atoms with van der Waals surface area (Å²) < 4.78 is 18.1. The maximum absolute atomic E-state index is 13.2. The third kappa shape index (κ3) is 4.01. The van der Waals surface area contributed by atoms with Crippen molar-refractivity contribution in [1.82, 2.24) is 0 Å². The molecule has 0 aliphatic heterocycles. The van der Waals surface area contributed by atoms with E-state index in [0.29, 0.717) is 17.7 Å². The molecule has 2 aromatic rings. The van der Waals surface area contributed by atoms with Crippen LogP contribution in [0.25, 0.3) is 5.57 Å². The number of rotatable bonds is 5. The lowest BCUT2D eigenvalue weighted by Gasteiger charge is -2.08. The highest BCUT2D eigenvalue weighted by Gasteiger charge is 2.43. The summed E-state index contributed by atoms with van der Waals surface area (Å²) in [6.45, 7) is 4.04. The number of hydrogen-bond acceptors (Lipinski definition) is 4. The molecule has 5 heteroatoms. The molecule has 0 heterocycles. The monoisotopic (exact) mass is 396 g/mol. The minimum absolute atomic E-state index is 0.155. The number of benzene rings is 2. The molecule has 0 amide bonds. The van der Waals surface area contributed by atoms with E-state index in [0.717, 1.165) is 16.7 Å². The van der Waals surface area contributed by atoms with Crippen LogP contribution < -0.4 is 0 Å². The van der Waals surface area contributed by atoms with Crippen molar-refractivity contribution in [2.45, 2.75) is 26.4 Å². The van der Waals surface area contributed by atoms with E-state index in [9.17, 15) is 14.0 Å². The summed E-state index contributed by atoms with van der Waals surface area (Å²) in [6, 6.07) is 13.3. The third-order valence-electron chi connectivity index (χ3n) is 5.10. The standard InChI is InChI=1S/C23H21FO3S/c1-14(19-6-4-3-5-17(19)13-27-28)7-12-20-15(2)22(25)21(23(20)26)16-8-10-18(24)11-9-16/h3-12,15,21,28H,13H2,1-2H3/b14-7+,20-12+. The van der Waals surface area contributed by atoms with Crippen LogP contribution in [0.3, 0.4) is 0 Å². The maximum atomic E-state index is 13.2. The van der Waals surface area contributed by atoms with Gasteiger partial charge in [0.2, 0.25) is 0 Å². The van der Waals surface area contributed by atoms with Crippen molar-refractivity contribution in [3.8, 4) is 0 Å². The molecule has 2 aromatic carbocycles. The number of Topliss-reactive ketones (excluding diaryl/α,β-unsaturated/α-hetero) is 2. The molecular formula is C23H21FO3S. The summed E-state index contributed by atoms with van der Waals surface area (Å²) >= 11 is 3.82. The Bertz CT molecular complexity index is 960. The van der Waals surface area contributed by atoms with E-state index in [1.54, 1.807) is 13.0 Å². The number of thiol groups is 1. The van der Waals surface area contributed by atoms with E-state index >= 15 is 0 Å². The summed E-state index contributed by atoms with van der Waals surface area (Å²) in [7, 11) is 0. The van der Waals surface area contributed by atoms with Gasteiger partial charge in [-0.05, 0) is 54.2 Å². The van der Waals surface area contributed by atoms with Gasteiger partial charge in [0.1, 0.15) is 11.7 Å². The molecule has 0 bridgehead atoms. The normalized spacial score (nSPS) is 21.6. The van der Waals surface area contributed by atoms with E-state index < -0.39 is 17.7 Å². The fourth-order valence-corrected chi connectivity index (χ4v) is 3.65. The van der Waals surface area contributed by atoms with Gasteiger partial charge in [0.25, 0.3) is 0 Å². The van der Waals surface area contributed by atoms with Gasteiger partial charge in [0, 0.05) is 11.5 Å². The zero-order valence-corrected chi connectivity index (χ0v) is 16.6.